The van der Waals surface area contributed by atoms with Crippen molar-refractivity contribution in [3.63, 3.8) is 0 Å². The van der Waals surface area contributed by atoms with Crippen molar-refractivity contribution in [1.29, 1.82) is 0 Å². The summed E-state index contributed by atoms with van der Waals surface area (Å²) < 4.78 is 0. The highest BCUT2D eigenvalue weighted by Gasteiger charge is 2.08. The van der Waals surface area contributed by atoms with Crippen LogP contribution >= 0.6 is 0 Å². The number of nitrogens with zero attached hydrogens (tertiary/aromatic N) is 1. The van der Waals surface area contributed by atoms with Gasteiger partial charge in [-0.1, -0.05) is 13.8 Å². The Kier molecular flexibility index (Phi) is 5.05. The Labute approximate surface area is 106 Å². The summed E-state index contributed by atoms with van der Waals surface area (Å²) in [6.45, 7) is 5.35. The van der Waals surface area contributed by atoms with E-state index < -0.39 is 0 Å². The van der Waals surface area contributed by atoms with Gasteiger partial charge in [0.15, 0.2) is 0 Å². The second-order valence-corrected chi connectivity index (χ2v) is 4.05. The Morgan fingerprint density at radius 1 is 1.22 bits per heavy atom. The molecule has 0 spiro atoms. The standard InChI is InChI=1S/C13H17N3O2/c1-4-14-16-13(18)10-5-7-11(8-6-10)15-12(17)9(2)3/h4-9H,1-3H3,(H,15,17)(H,16,18)/b14-4-. The molecule has 0 aliphatic heterocycles. The third-order valence-electron chi connectivity index (χ3n) is 2.23. The van der Waals surface area contributed by atoms with Crippen molar-refractivity contribution in [2.45, 2.75) is 20.8 Å². The van der Waals surface area contributed by atoms with Crippen LogP contribution in [0.5, 0.6) is 0 Å². The number of amides is 2. The van der Waals surface area contributed by atoms with Gasteiger partial charge >= 0.3 is 0 Å². The van der Waals surface area contributed by atoms with Gasteiger partial charge in [-0.25, -0.2) is 5.43 Å². The zero-order valence-electron chi connectivity index (χ0n) is 10.7. The smallest absolute Gasteiger partial charge is 0.271 e. The number of carbonyl (C=O) groups is 2. The molecule has 5 nitrogen and oxygen atoms in total. The molecule has 1 rings (SSSR count). The fourth-order valence-corrected chi connectivity index (χ4v) is 1.18. The first-order valence-electron chi connectivity index (χ1n) is 5.73. The van der Waals surface area contributed by atoms with Crippen LogP contribution < -0.4 is 10.7 Å². The van der Waals surface area contributed by atoms with Crippen molar-refractivity contribution < 1.29 is 9.59 Å². The first-order valence-corrected chi connectivity index (χ1v) is 5.73. The molecule has 0 saturated heterocycles. The second kappa shape index (κ2) is 6.54. The number of carbonyl (C=O) groups excluding carboxylic acids is 2. The van der Waals surface area contributed by atoms with Crippen LogP contribution in [0.15, 0.2) is 29.4 Å². The van der Waals surface area contributed by atoms with Gasteiger partial charge in [0, 0.05) is 23.4 Å². The van der Waals surface area contributed by atoms with Gasteiger partial charge < -0.3 is 5.32 Å². The van der Waals surface area contributed by atoms with E-state index in [-0.39, 0.29) is 17.7 Å². The molecule has 0 bridgehead atoms. The van der Waals surface area contributed by atoms with Gasteiger partial charge in [-0.15, -0.1) is 0 Å². The van der Waals surface area contributed by atoms with Crippen LogP contribution in [0.25, 0.3) is 0 Å². The van der Waals surface area contributed by atoms with Gasteiger partial charge in [-0.3, -0.25) is 9.59 Å². The summed E-state index contributed by atoms with van der Waals surface area (Å²) in [5.74, 6) is -0.413. The summed E-state index contributed by atoms with van der Waals surface area (Å²) in [5, 5.41) is 6.40. The fraction of sp³-hybridized carbons (Fsp3) is 0.308. The van der Waals surface area contributed by atoms with Crippen molar-refractivity contribution in [3.05, 3.63) is 29.8 Å². The zero-order chi connectivity index (χ0) is 13.5. The number of rotatable bonds is 4. The maximum Gasteiger partial charge on any atom is 0.271 e. The molecular weight excluding hydrogens is 230 g/mol. The molecule has 2 amide bonds. The molecule has 0 aromatic heterocycles. The fourth-order valence-electron chi connectivity index (χ4n) is 1.18. The molecule has 0 atom stereocenters. The SMILES string of the molecule is C/C=N\NC(=O)c1ccc(NC(=O)C(C)C)cc1. The summed E-state index contributed by atoms with van der Waals surface area (Å²) in [6.07, 6.45) is 1.50. The van der Waals surface area contributed by atoms with Crippen LogP contribution in [-0.4, -0.2) is 18.0 Å². The number of hydrazone groups is 1. The molecule has 2 N–H and O–H groups in total. The van der Waals surface area contributed by atoms with Crippen LogP contribution in [0.3, 0.4) is 0 Å². The molecule has 0 heterocycles. The highest BCUT2D eigenvalue weighted by atomic mass is 16.2. The minimum absolute atomic E-state index is 0.0530. The largest absolute Gasteiger partial charge is 0.326 e. The van der Waals surface area contributed by atoms with E-state index in [2.05, 4.69) is 15.8 Å². The quantitative estimate of drug-likeness (QED) is 0.631. The van der Waals surface area contributed by atoms with Gasteiger partial charge in [0.2, 0.25) is 5.91 Å². The zero-order valence-corrected chi connectivity index (χ0v) is 10.7. The first-order chi connectivity index (χ1) is 8.54. The van der Waals surface area contributed by atoms with Gasteiger partial charge in [0.1, 0.15) is 0 Å². The summed E-state index contributed by atoms with van der Waals surface area (Å²) in [5.41, 5.74) is 3.53. The molecule has 18 heavy (non-hydrogen) atoms. The molecular formula is C13H17N3O2. The lowest BCUT2D eigenvalue weighted by Gasteiger charge is -2.08. The van der Waals surface area contributed by atoms with Crippen LogP contribution in [0.2, 0.25) is 0 Å². The summed E-state index contributed by atoms with van der Waals surface area (Å²) in [7, 11) is 0. The summed E-state index contributed by atoms with van der Waals surface area (Å²) in [4.78, 5) is 23.0. The maximum atomic E-state index is 11.5. The number of hydrogen-bond donors (Lipinski definition) is 2. The molecule has 1 aromatic carbocycles. The van der Waals surface area contributed by atoms with Gasteiger partial charge in [0.25, 0.3) is 5.91 Å². The van der Waals surface area contributed by atoms with E-state index in [4.69, 9.17) is 0 Å². The first kappa shape index (κ1) is 13.9. The Hall–Kier alpha value is -2.17. The van der Waals surface area contributed by atoms with Crippen LogP contribution in [-0.2, 0) is 4.79 Å². The third kappa shape index (κ3) is 4.01. The number of anilines is 1. The number of benzene rings is 1. The topological polar surface area (TPSA) is 70.6 Å². The minimum Gasteiger partial charge on any atom is -0.326 e. The highest BCUT2D eigenvalue weighted by Crippen LogP contribution is 2.10. The van der Waals surface area contributed by atoms with Crippen molar-refractivity contribution >= 4 is 23.7 Å². The molecule has 0 fully saturated rings. The Morgan fingerprint density at radius 2 is 1.83 bits per heavy atom. The van der Waals surface area contributed by atoms with Crippen molar-refractivity contribution in [3.8, 4) is 0 Å². The molecule has 0 radical (unpaired) electrons. The van der Waals surface area contributed by atoms with Crippen LogP contribution in [0.1, 0.15) is 31.1 Å². The van der Waals surface area contributed by atoms with Crippen molar-refractivity contribution in [2.75, 3.05) is 5.32 Å². The summed E-state index contributed by atoms with van der Waals surface area (Å²) >= 11 is 0. The third-order valence-corrected chi connectivity index (χ3v) is 2.23. The van der Waals surface area contributed by atoms with Gasteiger partial charge in [-0.05, 0) is 31.2 Å². The van der Waals surface area contributed by atoms with E-state index >= 15 is 0 Å². The van der Waals surface area contributed by atoms with E-state index in [9.17, 15) is 9.59 Å². The molecule has 5 heteroatoms. The maximum absolute atomic E-state index is 11.5. The lowest BCUT2D eigenvalue weighted by atomic mass is 10.1. The lowest BCUT2D eigenvalue weighted by molar-refractivity contribution is -0.118. The molecule has 0 unspecified atom stereocenters. The highest BCUT2D eigenvalue weighted by molar-refractivity contribution is 5.96. The predicted molar refractivity (Wildman–Crippen MR) is 71.5 cm³/mol. The summed E-state index contributed by atoms with van der Waals surface area (Å²) in [6, 6.07) is 6.64. The predicted octanol–water partition coefficient (Wildman–Crippen LogP) is 2.02. The Balaban J connectivity index is 2.68. The van der Waals surface area contributed by atoms with E-state index in [1.165, 1.54) is 6.21 Å². The van der Waals surface area contributed by atoms with E-state index in [1.54, 1.807) is 31.2 Å². The normalized spacial score (nSPS) is 10.7. The number of nitrogens with one attached hydrogen (secondary N) is 2. The molecule has 0 aliphatic carbocycles. The van der Waals surface area contributed by atoms with Gasteiger partial charge in [-0.2, -0.15) is 5.10 Å². The lowest BCUT2D eigenvalue weighted by Crippen LogP contribution is -2.19. The molecule has 0 saturated carbocycles. The minimum atomic E-state index is -0.283. The molecule has 96 valence electrons. The Morgan fingerprint density at radius 3 is 2.33 bits per heavy atom. The molecule has 1 aromatic rings. The number of hydrogen-bond acceptors (Lipinski definition) is 3. The Bertz CT molecular complexity index is 450. The van der Waals surface area contributed by atoms with Crippen LogP contribution in [0.4, 0.5) is 5.69 Å². The molecule has 0 aliphatic rings. The average Bonchev–Trinajstić information content (AvgIpc) is 2.36. The van der Waals surface area contributed by atoms with E-state index in [1.807, 2.05) is 13.8 Å². The second-order valence-electron chi connectivity index (χ2n) is 4.05. The monoisotopic (exact) mass is 247 g/mol. The average molecular weight is 247 g/mol. The van der Waals surface area contributed by atoms with E-state index in [0.717, 1.165) is 0 Å². The van der Waals surface area contributed by atoms with Gasteiger partial charge in [0.05, 0.1) is 0 Å². The van der Waals surface area contributed by atoms with E-state index in [0.29, 0.717) is 11.3 Å². The van der Waals surface area contributed by atoms with Crippen molar-refractivity contribution in [1.82, 2.24) is 5.43 Å². The van der Waals surface area contributed by atoms with Crippen molar-refractivity contribution in [2.24, 2.45) is 11.0 Å². The van der Waals surface area contributed by atoms with Crippen LogP contribution in [0, 0.1) is 5.92 Å².